The van der Waals surface area contributed by atoms with Gasteiger partial charge in [-0.3, -0.25) is 9.97 Å². The SMILES string of the molecule is CCc1cc2c(N3CCC(=N)C3)nc(Sc3ccc4nc(C)cc(C(=O)O)c4c3)[n+](C)c2[nH]1. The zero-order valence-corrected chi connectivity index (χ0v) is 19.6. The Labute approximate surface area is 195 Å². The molecule has 4 heterocycles. The summed E-state index contributed by atoms with van der Waals surface area (Å²) >= 11 is 1.49. The second-order valence-electron chi connectivity index (χ2n) is 8.36. The smallest absolute Gasteiger partial charge is 0.336 e. The van der Waals surface area contributed by atoms with Crippen LogP contribution in [0, 0.1) is 12.3 Å². The van der Waals surface area contributed by atoms with E-state index < -0.39 is 5.97 Å². The Morgan fingerprint density at radius 2 is 2.09 bits per heavy atom. The number of hydrogen-bond donors (Lipinski definition) is 3. The van der Waals surface area contributed by atoms with Gasteiger partial charge in [-0.05, 0) is 55.4 Å². The lowest BCUT2D eigenvalue weighted by molar-refractivity contribution is -0.689. The molecule has 33 heavy (non-hydrogen) atoms. The highest BCUT2D eigenvalue weighted by Gasteiger charge is 2.28. The number of carboxylic acid groups (broad SMARTS) is 1. The largest absolute Gasteiger partial charge is 0.478 e. The van der Waals surface area contributed by atoms with Crippen molar-refractivity contribution in [1.29, 1.82) is 5.41 Å². The average Bonchev–Trinajstić information content (AvgIpc) is 3.42. The summed E-state index contributed by atoms with van der Waals surface area (Å²) in [6, 6.07) is 9.45. The molecule has 9 heteroatoms. The lowest BCUT2D eigenvalue weighted by Crippen LogP contribution is -2.35. The molecule has 1 aliphatic rings. The number of rotatable bonds is 5. The van der Waals surface area contributed by atoms with Crippen molar-refractivity contribution in [2.75, 3.05) is 18.0 Å². The van der Waals surface area contributed by atoms with Crippen LogP contribution < -0.4 is 9.47 Å². The van der Waals surface area contributed by atoms with E-state index in [1.165, 1.54) is 11.8 Å². The van der Waals surface area contributed by atoms with Gasteiger partial charge in [0, 0.05) is 34.7 Å². The lowest BCUT2D eigenvalue weighted by atomic mass is 10.1. The highest BCUT2D eigenvalue weighted by molar-refractivity contribution is 7.99. The van der Waals surface area contributed by atoms with E-state index in [9.17, 15) is 9.90 Å². The van der Waals surface area contributed by atoms with E-state index >= 15 is 0 Å². The van der Waals surface area contributed by atoms with Crippen molar-refractivity contribution in [2.45, 2.75) is 36.7 Å². The zero-order chi connectivity index (χ0) is 23.3. The molecule has 0 amide bonds. The Balaban J connectivity index is 1.63. The molecule has 8 nitrogen and oxygen atoms in total. The molecule has 1 aromatic carbocycles. The van der Waals surface area contributed by atoms with Crippen LogP contribution in [0.2, 0.25) is 0 Å². The van der Waals surface area contributed by atoms with Crippen LogP contribution in [0.1, 0.15) is 35.1 Å². The molecule has 1 fully saturated rings. The Morgan fingerprint density at radius 3 is 2.79 bits per heavy atom. The second kappa shape index (κ2) is 8.15. The highest BCUT2D eigenvalue weighted by Crippen LogP contribution is 2.33. The van der Waals surface area contributed by atoms with Crippen LogP contribution in [0.25, 0.3) is 21.9 Å². The monoisotopic (exact) mass is 461 g/mol. The van der Waals surface area contributed by atoms with Crippen LogP contribution in [0.15, 0.2) is 40.4 Å². The molecule has 0 aliphatic carbocycles. The first-order valence-electron chi connectivity index (χ1n) is 10.9. The molecule has 0 bridgehead atoms. The number of H-pyrrole nitrogens is 1. The number of nitrogens with one attached hydrogen (secondary N) is 2. The summed E-state index contributed by atoms with van der Waals surface area (Å²) in [6.45, 7) is 5.29. The van der Waals surface area contributed by atoms with Crippen molar-refractivity contribution < 1.29 is 14.5 Å². The van der Waals surface area contributed by atoms with Crippen LogP contribution in [0.3, 0.4) is 0 Å². The number of aromatic nitrogens is 4. The minimum Gasteiger partial charge on any atom is -0.478 e. The molecule has 5 rings (SSSR count). The minimum atomic E-state index is -0.963. The van der Waals surface area contributed by atoms with Gasteiger partial charge in [0.2, 0.25) is 11.5 Å². The van der Waals surface area contributed by atoms with E-state index in [1.54, 1.807) is 13.0 Å². The summed E-state index contributed by atoms with van der Waals surface area (Å²) in [5.74, 6) is -0.0805. The van der Waals surface area contributed by atoms with Gasteiger partial charge in [-0.2, -0.15) is 0 Å². The number of hydrogen-bond acceptors (Lipinski definition) is 6. The number of aryl methyl sites for hydroxylation is 3. The fourth-order valence-corrected chi connectivity index (χ4v) is 5.18. The Morgan fingerprint density at radius 1 is 1.27 bits per heavy atom. The Bertz CT molecular complexity index is 1440. The van der Waals surface area contributed by atoms with Crippen LogP contribution >= 0.6 is 11.8 Å². The molecule has 0 atom stereocenters. The zero-order valence-electron chi connectivity index (χ0n) is 18.8. The summed E-state index contributed by atoms with van der Waals surface area (Å²) < 4.78 is 2.04. The first kappa shape index (κ1) is 21.4. The maximum atomic E-state index is 11.8. The Kier molecular flexibility index (Phi) is 5.28. The number of pyridine rings is 1. The number of anilines is 1. The van der Waals surface area contributed by atoms with Crippen molar-refractivity contribution in [2.24, 2.45) is 7.05 Å². The van der Waals surface area contributed by atoms with E-state index in [4.69, 9.17) is 10.4 Å². The predicted molar refractivity (Wildman–Crippen MR) is 129 cm³/mol. The molecule has 0 unspecified atom stereocenters. The van der Waals surface area contributed by atoms with Crippen molar-refractivity contribution in [3.63, 3.8) is 0 Å². The van der Waals surface area contributed by atoms with E-state index in [0.29, 0.717) is 23.1 Å². The number of fused-ring (bicyclic) bond motifs is 2. The number of nitrogens with zero attached hydrogens (tertiary/aromatic N) is 4. The first-order valence-corrected chi connectivity index (χ1v) is 11.7. The number of benzene rings is 1. The maximum Gasteiger partial charge on any atom is 0.336 e. The molecule has 4 aromatic rings. The predicted octanol–water partition coefficient (Wildman–Crippen LogP) is 3.89. The molecule has 1 aliphatic heterocycles. The van der Waals surface area contributed by atoms with Gasteiger partial charge in [-0.25, -0.2) is 9.36 Å². The standard InChI is InChI=1S/C24H24N6O2S/c1-4-15-10-19-21(27-15)29(3)24(28-22(19)30-8-7-14(25)12-30)33-16-5-6-20-17(11-16)18(23(31)32)9-13(2)26-20/h5-6,9-11,25H,4,7-8,12H2,1-3H3,(H,31,32)/p+1. The first-order chi connectivity index (χ1) is 15.8. The van der Waals surface area contributed by atoms with Crippen molar-refractivity contribution in [3.8, 4) is 0 Å². The molecule has 0 radical (unpaired) electrons. The summed E-state index contributed by atoms with van der Waals surface area (Å²) in [6.07, 6.45) is 1.65. The molecule has 3 N–H and O–H groups in total. The molecule has 0 saturated carbocycles. The molecule has 168 valence electrons. The van der Waals surface area contributed by atoms with Crippen LogP contribution in [0.5, 0.6) is 0 Å². The quantitative estimate of drug-likeness (QED) is 0.307. The summed E-state index contributed by atoms with van der Waals surface area (Å²) in [4.78, 5) is 27.9. The summed E-state index contributed by atoms with van der Waals surface area (Å²) in [7, 11) is 1.98. The molecular formula is C24H25N6O2S+. The fourth-order valence-electron chi connectivity index (χ4n) is 4.30. The average molecular weight is 462 g/mol. The number of aromatic carboxylic acids is 1. The van der Waals surface area contributed by atoms with Gasteiger partial charge >= 0.3 is 11.1 Å². The lowest BCUT2D eigenvalue weighted by Gasteiger charge is -2.15. The number of carbonyl (C=O) groups is 1. The van der Waals surface area contributed by atoms with Gasteiger partial charge in [0.05, 0.1) is 30.4 Å². The summed E-state index contributed by atoms with van der Waals surface area (Å²) in [5, 5.41) is 20.2. The van der Waals surface area contributed by atoms with Gasteiger partial charge in [-0.15, -0.1) is 0 Å². The van der Waals surface area contributed by atoms with Gasteiger partial charge in [-0.1, -0.05) is 11.9 Å². The van der Waals surface area contributed by atoms with Gasteiger partial charge < -0.3 is 15.4 Å². The van der Waals surface area contributed by atoms with Crippen LogP contribution in [-0.4, -0.2) is 44.8 Å². The van der Waals surface area contributed by atoms with Crippen molar-refractivity contribution in [3.05, 3.63) is 47.3 Å². The minimum absolute atomic E-state index is 0.251. The van der Waals surface area contributed by atoms with E-state index in [2.05, 4.69) is 27.9 Å². The van der Waals surface area contributed by atoms with Crippen molar-refractivity contribution in [1.82, 2.24) is 15.0 Å². The third-order valence-electron chi connectivity index (χ3n) is 6.01. The molecule has 3 aromatic heterocycles. The van der Waals surface area contributed by atoms with Crippen LogP contribution in [-0.2, 0) is 13.5 Å². The highest BCUT2D eigenvalue weighted by atomic mass is 32.2. The van der Waals surface area contributed by atoms with E-state index in [0.717, 1.165) is 57.7 Å². The van der Waals surface area contributed by atoms with Gasteiger partial charge in [0.1, 0.15) is 5.39 Å². The topological polar surface area (TPSA) is 110 Å². The third-order valence-corrected chi connectivity index (χ3v) is 7.05. The Hall–Kier alpha value is -3.46. The third kappa shape index (κ3) is 3.82. The summed E-state index contributed by atoms with van der Waals surface area (Å²) in [5.41, 5.74) is 4.44. The van der Waals surface area contributed by atoms with Gasteiger partial charge in [0.25, 0.3) is 0 Å². The van der Waals surface area contributed by atoms with Crippen molar-refractivity contribution >= 4 is 51.2 Å². The molecule has 1 saturated heterocycles. The van der Waals surface area contributed by atoms with E-state index in [1.807, 2.05) is 29.8 Å². The normalized spacial score (nSPS) is 14.0. The molecule has 0 spiro atoms. The molecular weight excluding hydrogens is 436 g/mol. The fraction of sp³-hybridized carbons (Fsp3) is 0.292. The number of carboxylic acids is 1. The number of aromatic amines is 1. The second-order valence-corrected chi connectivity index (χ2v) is 9.40. The van der Waals surface area contributed by atoms with Gasteiger partial charge in [0.15, 0.2) is 0 Å². The van der Waals surface area contributed by atoms with E-state index in [-0.39, 0.29) is 5.56 Å². The van der Waals surface area contributed by atoms with Crippen LogP contribution in [0.4, 0.5) is 5.82 Å². The maximum absolute atomic E-state index is 11.8.